The number of anilines is 2. The molecule has 2 rings (SSSR count). The van der Waals surface area contributed by atoms with E-state index in [1.165, 1.54) is 0 Å². The zero-order valence-electron chi connectivity index (χ0n) is 10.2. The van der Waals surface area contributed by atoms with Gasteiger partial charge in [-0.25, -0.2) is 5.06 Å². The molecule has 2 aromatic rings. The van der Waals surface area contributed by atoms with Crippen molar-refractivity contribution in [2.45, 2.75) is 13.3 Å². The van der Waals surface area contributed by atoms with Crippen LogP contribution in [0.4, 0.5) is 24.5 Å². The smallest absolute Gasteiger partial charge is 0.214 e. The van der Waals surface area contributed by atoms with Gasteiger partial charge >= 0.3 is 6.36 Å². The lowest BCUT2D eigenvalue weighted by atomic mass is 10.2. The van der Waals surface area contributed by atoms with E-state index in [1.54, 1.807) is 54.6 Å². The topological polar surface area (TPSA) is 12.5 Å². The molecule has 0 heterocycles. The van der Waals surface area contributed by atoms with E-state index < -0.39 is 6.36 Å². The molecule has 19 heavy (non-hydrogen) atoms. The van der Waals surface area contributed by atoms with E-state index in [4.69, 9.17) is 0 Å². The van der Waals surface area contributed by atoms with Crippen molar-refractivity contribution in [1.29, 1.82) is 0 Å². The van der Waals surface area contributed by atoms with Crippen LogP contribution in [0.15, 0.2) is 54.6 Å². The highest BCUT2D eigenvalue weighted by Gasteiger charge is 2.34. The molecule has 0 N–H and O–H groups in total. The van der Waals surface area contributed by atoms with E-state index in [1.807, 2.05) is 6.92 Å². The summed E-state index contributed by atoms with van der Waals surface area (Å²) in [5.41, 5.74) is 1.58. The Hall–Kier alpha value is -2.01. The second kappa shape index (κ2) is 5.32. The van der Waals surface area contributed by atoms with Gasteiger partial charge in [-0.1, -0.05) is 35.9 Å². The van der Waals surface area contributed by atoms with Crippen LogP contribution in [0, 0.1) is 6.92 Å². The van der Waals surface area contributed by atoms with Crippen LogP contribution < -0.4 is 5.06 Å². The molecule has 100 valence electrons. The summed E-state index contributed by atoms with van der Waals surface area (Å²) >= 11 is 0. The van der Waals surface area contributed by atoms with Crippen molar-refractivity contribution in [3.05, 3.63) is 60.2 Å². The summed E-state index contributed by atoms with van der Waals surface area (Å²) in [5, 5.41) is 0.763. The van der Waals surface area contributed by atoms with Gasteiger partial charge in [0, 0.05) is 0 Å². The van der Waals surface area contributed by atoms with Gasteiger partial charge in [-0.05, 0) is 31.2 Å². The van der Waals surface area contributed by atoms with Gasteiger partial charge in [0.1, 0.15) is 0 Å². The molecule has 0 aromatic heterocycles. The molecule has 0 fully saturated rings. The predicted molar refractivity (Wildman–Crippen MR) is 66.9 cm³/mol. The summed E-state index contributed by atoms with van der Waals surface area (Å²) in [4.78, 5) is 4.08. The zero-order valence-corrected chi connectivity index (χ0v) is 10.2. The van der Waals surface area contributed by atoms with Crippen molar-refractivity contribution in [3.63, 3.8) is 0 Å². The normalized spacial score (nSPS) is 11.4. The second-order valence-corrected chi connectivity index (χ2v) is 4.00. The Labute approximate surface area is 109 Å². The SMILES string of the molecule is Cc1ccc(N(OC(F)(F)F)c2ccccc2)cc1. The monoisotopic (exact) mass is 267 g/mol. The fourth-order valence-corrected chi connectivity index (χ4v) is 1.60. The minimum absolute atomic E-state index is 0.309. The fraction of sp³-hybridized carbons (Fsp3) is 0.143. The molecule has 0 aliphatic carbocycles. The largest absolute Gasteiger partial charge is 0.544 e. The first-order valence-electron chi connectivity index (χ1n) is 5.63. The number of aryl methyl sites for hydroxylation is 1. The maximum absolute atomic E-state index is 12.5. The van der Waals surface area contributed by atoms with Gasteiger partial charge in [-0.2, -0.15) is 4.84 Å². The molecule has 0 aliphatic heterocycles. The van der Waals surface area contributed by atoms with Crippen molar-refractivity contribution in [2.75, 3.05) is 5.06 Å². The Morgan fingerprint density at radius 3 is 1.89 bits per heavy atom. The molecule has 0 saturated carbocycles. The number of nitrogens with zero attached hydrogens (tertiary/aromatic N) is 1. The minimum atomic E-state index is -4.75. The van der Waals surface area contributed by atoms with Crippen LogP contribution in [-0.2, 0) is 4.84 Å². The highest BCUT2D eigenvalue weighted by atomic mass is 19.4. The van der Waals surface area contributed by atoms with Gasteiger partial charge in [0.15, 0.2) is 0 Å². The average Bonchev–Trinajstić information content (AvgIpc) is 2.37. The molecule has 0 atom stereocenters. The highest BCUT2D eigenvalue weighted by Crippen LogP contribution is 2.30. The van der Waals surface area contributed by atoms with E-state index >= 15 is 0 Å². The number of halogens is 3. The molecule has 0 unspecified atom stereocenters. The Bertz CT molecular complexity index is 523. The first-order chi connectivity index (χ1) is 8.96. The van der Waals surface area contributed by atoms with Gasteiger partial charge in [0.05, 0.1) is 11.4 Å². The molecule has 0 spiro atoms. The quantitative estimate of drug-likeness (QED) is 0.754. The lowest BCUT2D eigenvalue weighted by Gasteiger charge is -2.24. The van der Waals surface area contributed by atoms with E-state index in [0.717, 1.165) is 10.6 Å². The zero-order chi connectivity index (χ0) is 13.9. The maximum Gasteiger partial charge on any atom is 0.544 e. The Balaban J connectivity index is 2.37. The van der Waals surface area contributed by atoms with Gasteiger partial charge < -0.3 is 0 Å². The summed E-state index contributed by atoms with van der Waals surface area (Å²) in [5.74, 6) is 0. The fourth-order valence-electron chi connectivity index (χ4n) is 1.60. The van der Waals surface area contributed by atoms with E-state index in [9.17, 15) is 13.2 Å². The number of hydrogen-bond acceptors (Lipinski definition) is 2. The number of benzene rings is 2. The Morgan fingerprint density at radius 2 is 1.37 bits per heavy atom. The second-order valence-electron chi connectivity index (χ2n) is 4.00. The molecule has 0 bridgehead atoms. The van der Waals surface area contributed by atoms with Crippen LogP contribution in [0.5, 0.6) is 0 Å². The molecule has 2 nitrogen and oxygen atoms in total. The lowest BCUT2D eigenvalue weighted by Crippen LogP contribution is -2.27. The summed E-state index contributed by atoms with van der Waals surface area (Å²) < 4.78 is 37.5. The van der Waals surface area contributed by atoms with Crippen molar-refractivity contribution >= 4 is 11.4 Å². The first kappa shape index (κ1) is 13.4. The lowest BCUT2D eigenvalue weighted by molar-refractivity contribution is -0.325. The third-order valence-electron chi connectivity index (χ3n) is 2.45. The van der Waals surface area contributed by atoms with Crippen LogP contribution in [-0.4, -0.2) is 6.36 Å². The average molecular weight is 267 g/mol. The third-order valence-corrected chi connectivity index (χ3v) is 2.45. The van der Waals surface area contributed by atoms with E-state index in [-0.39, 0.29) is 0 Å². The van der Waals surface area contributed by atoms with Crippen LogP contribution in [0.3, 0.4) is 0 Å². The standard InChI is InChI=1S/C14H12F3NO/c1-11-7-9-13(10-8-11)18(19-14(15,16)17)12-5-3-2-4-6-12/h2-10H,1H3. The van der Waals surface area contributed by atoms with Gasteiger partial charge in [-0.3, -0.25) is 0 Å². The molecule has 0 aliphatic rings. The van der Waals surface area contributed by atoms with Crippen molar-refractivity contribution < 1.29 is 18.0 Å². The van der Waals surface area contributed by atoms with Crippen molar-refractivity contribution in [3.8, 4) is 0 Å². The number of rotatable bonds is 3. The molecule has 2 aromatic carbocycles. The number of hydrogen-bond donors (Lipinski definition) is 0. The van der Waals surface area contributed by atoms with Crippen molar-refractivity contribution in [1.82, 2.24) is 0 Å². The third kappa shape index (κ3) is 3.72. The van der Waals surface area contributed by atoms with Gasteiger partial charge in [0.25, 0.3) is 0 Å². The summed E-state index contributed by atoms with van der Waals surface area (Å²) in [6, 6.07) is 14.7. The van der Waals surface area contributed by atoms with Crippen LogP contribution in [0.2, 0.25) is 0 Å². The number of para-hydroxylation sites is 1. The molecular weight excluding hydrogens is 255 g/mol. The molecule has 0 radical (unpaired) electrons. The van der Waals surface area contributed by atoms with Crippen LogP contribution >= 0.6 is 0 Å². The predicted octanol–water partition coefficient (Wildman–Crippen LogP) is 4.58. The Kier molecular flexibility index (Phi) is 3.76. The van der Waals surface area contributed by atoms with E-state index in [2.05, 4.69) is 4.84 Å². The minimum Gasteiger partial charge on any atom is -0.214 e. The van der Waals surface area contributed by atoms with Gasteiger partial charge in [0.2, 0.25) is 0 Å². The number of alkyl halides is 3. The van der Waals surface area contributed by atoms with Crippen molar-refractivity contribution in [2.24, 2.45) is 0 Å². The summed E-state index contributed by atoms with van der Waals surface area (Å²) in [6.45, 7) is 1.86. The first-order valence-corrected chi connectivity index (χ1v) is 5.63. The Morgan fingerprint density at radius 1 is 0.842 bits per heavy atom. The molecular formula is C14H12F3NO. The molecule has 0 saturated heterocycles. The maximum atomic E-state index is 12.5. The molecule has 5 heteroatoms. The summed E-state index contributed by atoms with van der Waals surface area (Å²) in [6.07, 6.45) is -4.75. The van der Waals surface area contributed by atoms with Gasteiger partial charge in [-0.15, -0.1) is 13.2 Å². The molecule has 0 amide bonds. The summed E-state index contributed by atoms with van der Waals surface area (Å²) in [7, 11) is 0. The van der Waals surface area contributed by atoms with E-state index in [0.29, 0.717) is 11.4 Å². The van der Waals surface area contributed by atoms with Crippen LogP contribution in [0.1, 0.15) is 5.56 Å². The van der Waals surface area contributed by atoms with Crippen LogP contribution in [0.25, 0.3) is 0 Å². The highest BCUT2D eigenvalue weighted by molar-refractivity contribution is 5.60.